The molecule has 5 nitrogen and oxygen atoms in total. The maximum Gasteiger partial charge on any atom is 0.231 e. The van der Waals surface area contributed by atoms with Crippen LogP contribution in [0, 0.1) is 0 Å². The van der Waals surface area contributed by atoms with Crippen molar-refractivity contribution in [2.75, 3.05) is 21.0 Å². The fourth-order valence-corrected chi connectivity index (χ4v) is 2.09. The van der Waals surface area contributed by atoms with Gasteiger partial charge < -0.3 is 18.9 Å². The summed E-state index contributed by atoms with van der Waals surface area (Å²) >= 11 is 0. The molecule has 0 saturated carbocycles. The Labute approximate surface area is 122 Å². The molecule has 108 valence electrons. The summed E-state index contributed by atoms with van der Waals surface area (Å²) in [6.07, 6.45) is 1.72. The number of hydrogen-bond donors (Lipinski definition) is 0. The van der Waals surface area contributed by atoms with Crippen LogP contribution < -0.4 is 18.9 Å². The van der Waals surface area contributed by atoms with Gasteiger partial charge in [-0.3, -0.25) is 4.99 Å². The predicted molar refractivity (Wildman–Crippen MR) is 79.4 cm³/mol. The number of methoxy groups -OCH3 is 2. The molecule has 0 unspecified atom stereocenters. The standard InChI is InChI=1S/C16H15NO4/c1-18-13-6-4-3-5-12(13)17-9-11-7-15-16(21-10-20-15)8-14(11)19-2/h3-9H,10H2,1-2H3. The molecule has 5 heteroatoms. The van der Waals surface area contributed by atoms with E-state index in [0.717, 1.165) is 11.3 Å². The lowest BCUT2D eigenvalue weighted by Gasteiger charge is -2.07. The monoisotopic (exact) mass is 285 g/mol. The normalized spacial score (nSPS) is 12.7. The maximum atomic E-state index is 5.37. The zero-order chi connectivity index (χ0) is 14.7. The zero-order valence-corrected chi connectivity index (χ0v) is 11.8. The van der Waals surface area contributed by atoms with Crippen molar-refractivity contribution in [2.24, 2.45) is 4.99 Å². The van der Waals surface area contributed by atoms with Gasteiger partial charge in [-0.15, -0.1) is 0 Å². The third-order valence-electron chi connectivity index (χ3n) is 3.15. The van der Waals surface area contributed by atoms with Gasteiger partial charge in [0.25, 0.3) is 0 Å². The molecule has 2 aromatic carbocycles. The van der Waals surface area contributed by atoms with E-state index < -0.39 is 0 Å². The van der Waals surface area contributed by atoms with Gasteiger partial charge in [0.05, 0.1) is 14.2 Å². The summed E-state index contributed by atoms with van der Waals surface area (Å²) in [6, 6.07) is 11.2. The zero-order valence-electron chi connectivity index (χ0n) is 11.8. The molecule has 2 aromatic rings. The van der Waals surface area contributed by atoms with E-state index >= 15 is 0 Å². The highest BCUT2D eigenvalue weighted by atomic mass is 16.7. The minimum absolute atomic E-state index is 0.228. The first-order valence-corrected chi connectivity index (χ1v) is 6.46. The lowest BCUT2D eigenvalue weighted by atomic mass is 10.2. The third kappa shape index (κ3) is 2.63. The molecule has 0 radical (unpaired) electrons. The molecule has 0 fully saturated rings. The highest BCUT2D eigenvalue weighted by Crippen LogP contribution is 2.37. The van der Waals surface area contributed by atoms with Crippen molar-refractivity contribution >= 4 is 11.9 Å². The van der Waals surface area contributed by atoms with Crippen molar-refractivity contribution in [3.8, 4) is 23.0 Å². The van der Waals surface area contributed by atoms with Gasteiger partial charge in [0.2, 0.25) is 6.79 Å². The van der Waals surface area contributed by atoms with Crippen LogP contribution in [0.5, 0.6) is 23.0 Å². The summed E-state index contributed by atoms with van der Waals surface area (Å²) in [6.45, 7) is 0.228. The summed E-state index contributed by atoms with van der Waals surface area (Å²) in [4.78, 5) is 4.45. The fraction of sp³-hybridized carbons (Fsp3) is 0.188. The van der Waals surface area contributed by atoms with Crippen LogP contribution in [0.25, 0.3) is 0 Å². The molecule has 1 aliphatic heterocycles. The van der Waals surface area contributed by atoms with Crippen LogP contribution in [-0.2, 0) is 0 Å². The Hall–Kier alpha value is -2.69. The summed E-state index contributed by atoms with van der Waals surface area (Å²) in [5.41, 5.74) is 1.56. The Morgan fingerprint density at radius 3 is 2.48 bits per heavy atom. The number of ether oxygens (including phenoxy) is 4. The lowest BCUT2D eigenvalue weighted by molar-refractivity contribution is 0.174. The quantitative estimate of drug-likeness (QED) is 0.809. The van der Waals surface area contributed by atoms with E-state index in [1.165, 1.54) is 0 Å². The Bertz CT molecular complexity index is 682. The number of hydrogen-bond acceptors (Lipinski definition) is 5. The highest BCUT2D eigenvalue weighted by Gasteiger charge is 2.17. The second-order valence-electron chi connectivity index (χ2n) is 4.38. The average Bonchev–Trinajstić information content (AvgIpc) is 2.99. The highest BCUT2D eigenvalue weighted by molar-refractivity contribution is 5.87. The van der Waals surface area contributed by atoms with Crippen molar-refractivity contribution in [3.05, 3.63) is 42.0 Å². The van der Waals surface area contributed by atoms with Crippen LogP contribution >= 0.6 is 0 Å². The molecule has 0 aliphatic carbocycles. The van der Waals surface area contributed by atoms with Crippen molar-refractivity contribution < 1.29 is 18.9 Å². The second-order valence-corrected chi connectivity index (χ2v) is 4.38. The van der Waals surface area contributed by atoms with Gasteiger partial charge in [0.15, 0.2) is 11.5 Å². The first kappa shape index (κ1) is 13.3. The number of benzene rings is 2. The van der Waals surface area contributed by atoms with E-state index in [1.807, 2.05) is 30.3 Å². The summed E-state index contributed by atoms with van der Waals surface area (Å²) in [7, 11) is 3.23. The van der Waals surface area contributed by atoms with Gasteiger partial charge in [0.1, 0.15) is 17.2 Å². The van der Waals surface area contributed by atoms with E-state index in [9.17, 15) is 0 Å². The Morgan fingerprint density at radius 2 is 1.71 bits per heavy atom. The van der Waals surface area contributed by atoms with E-state index in [-0.39, 0.29) is 6.79 Å². The summed E-state index contributed by atoms with van der Waals surface area (Å²) in [5.74, 6) is 2.77. The van der Waals surface area contributed by atoms with E-state index in [0.29, 0.717) is 23.0 Å². The molecule has 1 aliphatic rings. The Kier molecular flexibility index (Phi) is 3.64. The number of nitrogens with zero attached hydrogens (tertiary/aromatic N) is 1. The number of aliphatic imine (C=N–C) groups is 1. The number of para-hydroxylation sites is 2. The average molecular weight is 285 g/mol. The molecule has 3 rings (SSSR count). The SMILES string of the molecule is COc1cc2c(cc1C=Nc1ccccc1OC)OCO2. The third-order valence-corrected chi connectivity index (χ3v) is 3.15. The molecule has 0 aromatic heterocycles. The van der Waals surface area contributed by atoms with Crippen molar-refractivity contribution in [1.82, 2.24) is 0 Å². The number of rotatable bonds is 4. The van der Waals surface area contributed by atoms with Gasteiger partial charge >= 0.3 is 0 Å². The Morgan fingerprint density at radius 1 is 1.00 bits per heavy atom. The molecular formula is C16H15NO4. The minimum Gasteiger partial charge on any atom is -0.496 e. The molecule has 1 heterocycles. The van der Waals surface area contributed by atoms with Crippen molar-refractivity contribution in [1.29, 1.82) is 0 Å². The molecule has 0 spiro atoms. The van der Waals surface area contributed by atoms with E-state index in [2.05, 4.69) is 4.99 Å². The maximum absolute atomic E-state index is 5.37. The minimum atomic E-state index is 0.228. The molecule has 21 heavy (non-hydrogen) atoms. The smallest absolute Gasteiger partial charge is 0.231 e. The molecule has 0 saturated heterocycles. The second kappa shape index (κ2) is 5.75. The fourth-order valence-electron chi connectivity index (χ4n) is 2.09. The van der Waals surface area contributed by atoms with Crippen LogP contribution in [0.2, 0.25) is 0 Å². The molecule has 0 atom stereocenters. The van der Waals surface area contributed by atoms with Gasteiger partial charge in [-0.05, 0) is 18.2 Å². The summed E-state index contributed by atoms with van der Waals surface area (Å²) < 4.78 is 21.3. The molecule has 0 amide bonds. The van der Waals surface area contributed by atoms with Crippen molar-refractivity contribution in [2.45, 2.75) is 0 Å². The van der Waals surface area contributed by atoms with Crippen LogP contribution in [0.15, 0.2) is 41.4 Å². The molecule has 0 bridgehead atoms. The van der Waals surface area contributed by atoms with Crippen LogP contribution in [0.4, 0.5) is 5.69 Å². The predicted octanol–water partition coefficient (Wildman–Crippen LogP) is 3.18. The van der Waals surface area contributed by atoms with Crippen LogP contribution in [0.1, 0.15) is 5.56 Å². The van der Waals surface area contributed by atoms with E-state index in [1.54, 1.807) is 26.5 Å². The van der Waals surface area contributed by atoms with Gasteiger partial charge in [0, 0.05) is 17.8 Å². The van der Waals surface area contributed by atoms with Crippen molar-refractivity contribution in [3.63, 3.8) is 0 Å². The lowest BCUT2D eigenvalue weighted by Crippen LogP contribution is -1.92. The summed E-state index contributed by atoms with van der Waals surface area (Å²) in [5, 5.41) is 0. The van der Waals surface area contributed by atoms with Gasteiger partial charge in [-0.2, -0.15) is 0 Å². The largest absolute Gasteiger partial charge is 0.496 e. The van der Waals surface area contributed by atoms with Crippen LogP contribution in [-0.4, -0.2) is 27.2 Å². The van der Waals surface area contributed by atoms with E-state index in [4.69, 9.17) is 18.9 Å². The first-order valence-electron chi connectivity index (χ1n) is 6.46. The van der Waals surface area contributed by atoms with Gasteiger partial charge in [-0.25, -0.2) is 0 Å². The van der Waals surface area contributed by atoms with Crippen LogP contribution in [0.3, 0.4) is 0 Å². The number of fused-ring (bicyclic) bond motifs is 1. The Balaban J connectivity index is 1.95. The molecule has 0 N–H and O–H groups in total. The topological polar surface area (TPSA) is 49.3 Å². The first-order chi connectivity index (χ1) is 10.3. The molecular weight excluding hydrogens is 270 g/mol. The van der Waals surface area contributed by atoms with Gasteiger partial charge in [-0.1, -0.05) is 12.1 Å².